The van der Waals surface area contributed by atoms with Gasteiger partial charge in [-0.3, -0.25) is 0 Å². The highest BCUT2D eigenvalue weighted by molar-refractivity contribution is 5.79. The van der Waals surface area contributed by atoms with Gasteiger partial charge >= 0.3 is 0 Å². The maximum Gasteiger partial charge on any atom is 0.149 e. The van der Waals surface area contributed by atoms with Gasteiger partial charge in [-0.15, -0.1) is 0 Å². The van der Waals surface area contributed by atoms with Crippen LogP contribution < -0.4 is 5.73 Å². The molecule has 0 fully saturated rings. The highest BCUT2D eigenvalue weighted by Gasteiger charge is 2.04. The highest BCUT2D eigenvalue weighted by atomic mass is 19.1. The first kappa shape index (κ1) is 10.1. The number of halogens is 1. The predicted octanol–water partition coefficient (Wildman–Crippen LogP) is 2.26. The maximum atomic E-state index is 13.4. The second kappa shape index (κ2) is 3.95. The van der Waals surface area contributed by atoms with Crippen LogP contribution in [0.2, 0.25) is 0 Å². The summed E-state index contributed by atoms with van der Waals surface area (Å²) in [7, 11) is 0. The minimum Gasteiger partial charge on any atom is -0.328 e. The lowest BCUT2D eigenvalue weighted by atomic mass is 10.1. The van der Waals surface area contributed by atoms with E-state index in [9.17, 15) is 4.39 Å². The fourth-order valence-corrected chi connectivity index (χ4v) is 1.59. The van der Waals surface area contributed by atoms with Crippen molar-refractivity contribution < 1.29 is 4.39 Å². The van der Waals surface area contributed by atoms with Crippen molar-refractivity contribution in [1.29, 1.82) is 0 Å². The van der Waals surface area contributed by atoms with E-state index in [4.69, 9.17) is 5.73 Å². The van der Waals surface area contributed by atoms with Gasteiger partial charge in [-0.1, -0.05) is 18.2 Å². The molecule has 1 aromatic heterocycles. The number of rotatable bonds is 2. The summed E-state index contributed by atoms with van der Waals surface area (Å²) in [5, 5.41) is 0.823. The van der Waals surface area contributed by atoms with Gasteiger partial charge in [-0.2, -0.15) is 0 Å². The lowest BCUT2D eigenvalue weighted by molar-refractivity contribution is 0.635. The van der Waals surface area contributed by atoms with Gasteiger partial charge in [0.05, 0.1) is 0 Å². The lowest BCUT2D eigenvalue weighted by Crippen LogP contribution is -2.18. The van der Waals surface area contributed by atoms with Crippen molar-refractivity contribution in [3.8, 4) is 0 Å². The Hall–Kier alpha value is -1.48. The molecule has 78 valence electrons. The van der Waals surface area contributed by atoms with Crippen LogP contribution in [0, 0.1) is 5.82 Å². The van der Waals surface area contributed by atoms with Crippen LogP contribution >= 0.6 is 0 Å². The molecule has 1 unspecified atom stereocenters. The number of para-hydroxylation sites is 1. The predicted molar refractivity (Wildman–Crippen MR) is 59.1 cm³/mol. The Labute approximate surface area is 87.9 Å². The van der Waals surface area contributed by atoms with E-state index in [1.54, 1.807) is 6.07 Å². The summed E-state index contributed by atoms with van der Waals surface area (Å²) in [6, 6.07) is 8.77. The van der Waals surface area contributed by atoms with Gasteiger partial charge in [0, 0.05) is 23.5 Å². The minimum absolute atomic E-state index is 0.0433. The maximum absolute atomic E-state index is 13.4. The second-order valence-corrected chi connectivity index (χ2v) is 3.80. The molecule has 2 aromatic rings. The van der Waals surface area contributed by atoms with Gasteiger partial charge in [-0.05, 0) is 19.1 Å². The molecular formula is C12H13FN2. The summed E-state index contributed by atoms with van der Waals surface area (Å²) < 4.78 is 13.4. The summed E-state index contributed by atoms with van der Waals surface area (Å²) in [4.78, 5) is 4.26. The lowest BCUT2D eigenvalue weighted by Gasteiger charge is -2.05. The highest BCUT2D eigenvalue weighted by Crippen LogP contribution is 2.16. The van der Waals surface area contributed by atoms with Crippen molar-refractivity contribution in [2.75, 3.05) is 0 Å². The zero-order chi connectivity index (χ0) is 10.8. The van der Waals surface area contributed by atoms with E-state index >= 15 is 0 Å². The Balaban J connectivity index is 2.50. The van der Waals surface area contributed by atoms with Crippen LogP contribution in [-0.4, -0.2) is 11.0 Å². The molecular weight excluding hydrogens is 191 g/mol. The number of aromatic nitrogens is 1. The van der Waals surface area contributed by atoms with Crippen molar-refractivity contribution in [3.05, 3.63) is 41.8 Å². The van der Waals surface area contributed by atoms with Gasteiger partial charge < -0.3 is 5.73 Å². The number of pyridine rings is 1. The van der Waals surface area contributed by atoms with E-state index in [0.29, 0.717) is 11.9 Å². The number of fused-ring (bicyclic) bond motifs is 1. The third kappa shape index (κ3) is 2.13. The van der Waals surface area contributed by atoms with Crippen molar-refractivity contribution in [2.24, 2.45) is 5.73 Å². The van der Waals surface area contributed by atoms with Gasteiger partial charge in [0.1, 0.15) is 11.3 Å². The SMILES string of the molecule is CC(N)Cc1ccc2cccc(F)c2n1. The molecule has 15 heavy (non-hydrogen) atoms. The van der Waals surface area contributed by atoms with Crippen LogP contribution in [0.5, 0.6) is 0 Å². The van der Waals surface area contributed by atoms with Crippen LogP contribution in [0.3, 0.4) is 0 Å². The third-order valence-corrected chi connectivity index (χ3v) is 2.26. The first-order valence-corrected chi connectivity index (χ1v) is 4.96. The molecule has 0 saturated carbocycles. The zero-order valence-corrected chi connectivity index (χ0v) is 8.57. The van der Waals surface area contributed by atoms with Crippen LogP contribution in [0.25, 0.3) is 10.9 Å². The Morgan fingerprint density at radius 1 is 1.33 bits per heavy atom. The molecule has 0 aliphatic heterocycles. The summed E-state index contributed by atoms with van der Waals surface area (Å²) in [5.41, 5.74) is 6.94. The van der Waals surface area contributed by atoms with Crippen LogP contribution in [-0.2, 0) is 6.42 Å². The molecule has 2 nitrogen and oxygen atoms in total. The number of benzene rings is 1. The molecule has 0 saturated heterocycles. The number of nitrogens with zero attached hydrogens (tertiary/aromatic N) is 1. The van der Waals surface area contributed by atoms with E-state index < -0.39 is 0 Å². The first-order valence-electron chi connectivity index (χ1n) is 4.96. The van der Waals surface area contributed by atoms with Crippen molar-refractivity contribution in [3.63, 3.8) is 0 Å². The quantitative estimate of drug-likeness (QED) is 0.815. The van der Waals surface area contributed by atoms with Gasteiger partial charge in [0.15, 0.2) is 0 Å². The van der Waals surface area contributed by atoms with Crippen molar-refractivity contribution in [2.45, 2.75) is 19.4 Å². The molecule has 0 amide bonds. The monoisotopic (exact) mass is 204 g/mol. The van der Waals surface area contributed by atoms with Crippen LogP contribution in [0.15, 0.2) is 30.3 Å². The van der Waals surface area contributed by atoms with E-state index in [-0.39, 0.29) is 11.9 Å². The van der Waals surface area contributed by atoms with E-state index in [1.165, 1.54) is 6.07 Å². The smallest absolute Gasteiger partial charge is 0.149 e. The summed E-state index contributed by atoms with van der Waals surface area (Å²) >= 11 is 0. The molecule has 3 heteroatoms. The average Bonchev–Trinajstić information content (AvgIpc) is 2.18. The Kier molecular flexibility index (Phi) is 2.64. The average molecular weight is 204 g/mol. The molecule has 0 aliphatic rings. The molecule has 2 rings (SSSR count). The molecule has 1 aromatic carbocycles. The number of hydrogen-bond acceptors (Lipinski definition) is 2. The fourth-order valence-electron chi connectivity index (χ4n) is 1.59. The van der Waals surface area contributed by atoms with Crippen molar-refractivity contribution in [1.82, 2.24) is 4.98 Å². The van der Waals surface area contributed by atoms with Gasteiger partial charge in [0.25, 0.3) is 0 Å². The largest absolute Gasteiger partial charge is 0.328 e. The van der Waals surface area contributed by atoms with Crippen LogP contribution in [0.1, 0.15) is 12.6 Å². The van der Waals surface area contributed by atoms with E-state index in [2.05, 4.69) is 4.98 Å². The van der Waals surface area contributed by atoms with E-state index in [0.717, 1.165) is 11.1 Å². The molecule has 2 N–H and O–H groups in total. The molecule has 1 atom stereocenters. The minimum atomic E-state index is -0.279. The Morgan fingerprint density at radius 3 is 2.87 bits per heavy atom. The fraction of sp³-hybridized carbons (Fsp3) is 0.250. The van der Waals surface area contributed by atoms with E-state index in [1.807, 2.05) is 25.1 Å². The molecule has 0 radical (unpaired) electrons. The number of hydrogen-bond donors (Lipinski definition) is 1. The van der Waals surface area contributed by atoms with Crippen molar-refractivity contribution >= 4 is 10.9 Å². The summed E-state index contributed by atoms with van der Waals surface area (Å²) in [6.45, 7) is 1.91. The third-order valence-electron chi connectivity index (χ3n) is 2.26. The standard InChI is InChI=1S/C12H13FN2/c1-8(14)7-10-6-5-9-3-2-4-11(13)12(9)15-10/h2-6,8H,7,14H2,1H3. The molecule has 1 heterocycles. The van der Waals surface area contributed by atoms with Gasteiger partial charge in [-0.25, -0.2) is 9.37 Å². The second-order valence-electron chi connectivity index (χ2n) is 3.80. The molecule has 0 aliphatic carbocycles. The van der Waals surface area contributed by atoms with Crippen LogP contribution in [0.4, 0.5) is 4.39 Å². The summed E-state index contributed by atoms with van der Waals surface area (Å²) in [6.07, 6.45) is 0.671. The van der Waals surface area contributed by atoms with Gasteiger partial charge in [0.2, 0.25) is 0 Å². The molecule has 0 bridgehead atoms. The Morgan fingerprint density at radius 2 is 2.13 bits per heavy atom. The number of nitrogens with two attached hydrogens (primary N) is 1. The summed E-state index contributed by atoms with van der Waals surface area (Å²) in [5.74, 6) is -0.279. The Bertz CT molecular complexity index is 480. The topological polar surface area (TPSA) is 38.9 Å². The normalized spacial score (nSPS) is 13.0. The zero-order valence-electron chi connectivity index (χ0n) is 8.57. The first-order chi connectivity index (χ1) is 7.16. The molecule has 0 spiro atoms.